The van der Waals surface area contributed by atoms with Gasteiger partial charge in [-0.2, -0.15) is 0 Å². The molecule has 2 heterocycles. The van der Waals surface area contributed by atoms with Gasteiger partial charge in [0.25, 0.3) is 5.91 Å². The Bertz CT molecular complexity index is 1180. The molecule has 0 aliphatic carbocycles. The molecule has 34 heavy (non-hydrogen) atoms. The molecule has 0 radical (unpaired) electrons. The van der Waals surface area contributed by atoms with Gasteiger partial charge in [0.15, 0.2) is 11.6 Å². The first-order valence-corrected chi connectivity index (χ1v) is 11.7. The fourth-order valence-corrected chi connectivity index (χ4v) is 4.37. The van der Waals surface area contributed by atoms with E-state index < -0.39 is 5.82 Å². The van der Waals surface area contributed by atoms with Crippen LogP contribution in [-0.4, -0.2) is 37.8 Å². The summed E-state index contributed by atoms with van der Waals surface area (Å²) in [6, 6.07) is 9.64. The summed E-state index contributed by atoms with van der Waals surface area (Å²) in [6.45, 7) is 2.32. The number of carbonyl (C=O) groups excluding carboxylic acids is 1. The van der Waals surface area contributed by atoms with Gasteiger partial charge in [0.1, 0.15) is 22.6 Å². The highest BCUT2D eigenvalue weighted by Gasteiger charge is 2.22. The molecule has 0 saturated heterocycles. The molecule has 0 bridgehead atoms. The summed E-state index contributed by atoms with van der Waals surface area (Å²) >= 11 is 1.61. The third kappa shape index (κ3) is 5.55. The molecule has 1 amide bonds. The van der Waals surface area contributed by atoms with Crippen LogP contribution in [0.5, 0.6) is 17.2 Å². The topological polar surface area (TPSA) is 81.7 Å². The van der Waals surface area contributed by atoms with Gasteiger partial charge in [0.05, 0.1) is 12.6 Å². The molecule has 1 aliphatic rings. The lowest BCUT2D eigenvalue weighted by atomic mass is 10.1. The van der Waals surface area contributed by atoms with Crippen LogP contribution in [0.3, 0.4) is 0 Å². The fraction of sp³-hybridized carbons (Fsp3) is 0.280. The Morgan fingerprint density at radius 3 is 2.82 bits per heavy atom. The number of carbonyl (C=O) groups is 1. The first kappa shape index (κ1) is 23.7. The van der Waals surface area contributed by atoms with Crippen molar-refractivity contribution in [3.8, 4) is 17.2 Å². The van der Waals surface area contributed by atoms with Gasteiger partial charge in [-0.25, -0.2) is 9.37 Å². The van der Waals surface area contributed by atoms with Crippen LogP contribution in [0.1, 0.15) is 40.3 Å². The maximum Gasteiger partial charge on any atom is 0.251 e. The molecule has 7 nitrogen and oxygen atoms in total. The standard InChI is InChI=1S/C25H26FN3O4S/c1-15(14-31-3)32-18-10-17(21-5-6-22(29-21)25-28-8-9-34-25)11-19(13-18)33-23-7-4-16(12-20(23)26)24(30)27-2/h4-5,7-13,15,22,29H,6,14H2,1-3H3,(H,27,30)/t15-,22?/m0/s1. The zero-order chi connectivity index (χ0) is 24.1. The molecule has 0 saturated carbocycles. The lowest BCUT2D eigenvalue weighted by Crippen LogP contribution is -2.18. The number of rotatable bonds is 9. The smallest absolute Gasteiger partial charge is 0.251 e. The summed E-state index contributed by atoms with van der Waals surface area (Å²) in [7, 11) is 3.11. The average molecular weight is 484 g/mol. The lowest BCUT2D eigenvalue weighted by molar-refractivity contribution is 0.0919. The van der Waals surface area contributed by atoms with Crippen molar-refractivity contribution in [3.05, 3.63) is 76.0 Å². The van der Waals surface area contributed by atoms with Crippen molar-refractivity contribution in [2.45, 2.75) is 25.5 Å². The zero-order valence-corrected chi connectivity index (χ0v) is 19.9. The van der Waals surface area contributed by atoms with E-state index in [-0.39, 0.29) is 29.4 Å². The number of ether oxygens (including phenoxy) is 3. The van der Waals surface area contributed by atoms with E-state index in [1.165, 1.54) is 19.2 Å². The molecule has 3 aromatic rings. The van der Waals surface area contributed by atoms with Gasteiger partial charge >= 0.3 is 0 Å². The SMILES string of the molecule is CNC(=O)c1ccc(Oc2cc(O[C@@H](C)COC)cc(C3=CCC(c4nccs4)N3)c2)c(F)c1. The highest BCUT2D eigenvalue weighted by atomic mass is 32.1. The Balaban J connectivity index is 1.61. The molecule has 4 rings (SSSR count). The monoisotopic (exact) mass is 483 g/mol. The predicted octanol–water partition coefficient (Wildman–Crippen LogP) is 4.92. The van der Waals surface area contributed by atoms with Gasteiger partial charge in [-0.1, -0.05) is 6.08 Å². The number of halogens is 1. The first-order valence-electron chi connectivity index (χ1n) is 10.8. The summed E-state index contributed by atoms with van der Waals surface area (Å²) in [6.07, 6.45) is 4.51. The second kappa shape index (κ2) is 10.7. The summed E-state index contributed by atoms with van der Waals surface area (Å²) in [5, 5.41) is 8.95. The van der Waals surface area contributed by atoms with E-state index in [9.17, 15) is 9.18 Å². The van der Waals surface area contributed by atoms with Crippen molar-refractivity contribution in [3.63, 3.8) is 0 Å². The molecule has 178 valence electrons. The van der Waals surface area contributed by atoms with Crippen LogP contribution in [0.4, 0.5) is 4.39 Å². The van der Waals surface area contributed by atoms with E-state index in [4.69, 9.17) is 14.2 Å². The van der Waals surface area contributed by atoms with Gasteiger partial charge in [0, 0.05) is 48.6 Å². The zero-order valence-electron chi connectivity index (χ0n) is 19.1. The summed E-state index contributed by atoms with van der Waals surface area (Å²) in [5.74, 6) is -0.0216. The molecule has 2 N–H and O–H groups in total. The minimum Gasteiger partial charge on any atom is -0.488 e. The Kier molecular flexibility index (Phi) is 7.44. The van der Waals surface area contributed by atoms with Crippen LogP contribution in [0.2, 0.25) is 0 Å². The quantitative estimate of drug-likeness (QED) is 0.450. The van der Waals surface area contributed by atoms with Crippen LogP contribution in [0.15, 0.2) is 54.1 Å². The van der Waals surface area contributed by atoms with Gasteiger partial charge in [-0.15, -0.1) is 11.3 Å². The van der Waals surface area contributed by atoms with Crippen molar-refractivity contribution in [1.29, 1.82) is 0 Å². The van der Waals surface area contributed by atoms with E-state index in [0.29, 0.717) is 18.1 Å². The van der Waals surface area contributed by atoms with Crippen molar-refractivity contribution in [2.24, 2.45) is 0 Å². The minimum absolute atomic E-state index is 0.00900. The number of benzene rings is 2. The summed E-state index contributed by atoms with van der Waals surface area (Å²) in [4.78, 5) is 16.2. The van der Waals surface area contributed by atoms with Crippen molar-refractivity contribution in [1.82, 2.24) is 15.6 Å². The van der Waals surface area contributed by atoms with E-state index in [1.807, 2.05) is 24.4 Å². The van der Waals surface area contributed by atoms with Gasteiger partial charge in [-0.3, -0.25) is 4.79 Å². The number of nitrogens with zero attached hydrogens (tertiary/aromatic N) is 1. The maximum atomic E-state index is 14.7. The van der Waals surface area contributed by atoms with Crippen LogP contribution in [-0.2, 0) is 4.74 Å². The average Bonchev–Trinajstić information content (AvgIpc) is 3.52. The molecular formula is C25H26FN3O4S. The Morgan fingerprint density at radius 1 is 1.29 bits per heavy atom. The van der Waals surface area contributed by atoms with E-state index >= 15 is 0 Å². The number of thiazole rings is 1. The number of hydrogen-bond donors (Lipinski definition) is 2. The number of methoxy groups -OCH3 is 1. The molecule has 0 fully saturated rings. The number of amides is 1. The maximum absolute atomic E-state index is 14.7. The first-order chi connectivity index (χ1) is 16.5. The van der Waals surface area contributed by atoms with Crippen LogP contribution >= 0.6 is 11.3 Å². The van der Waals surface area contributed by atoms with Gasteiger partial charge < -0.3 is 24.8 Å². The highest BCUT2D eigenvalue weighted by Crippen LogP contribution is 2.35. The normalized spacial score (nSPS) is 15.9. The van der Waals surface area contributed by atoms with E-state index in [2.05, 4.69) is 21.7 Å². The van der Waals surface area contributed by atoms with Gasteiger partial charge in [0.2, 0.25) is 0 Å². The molecule has 9 heteroatoms. The van der Waals surface area contributed by atoms with Crippen molar-refractivity contribution >= 4 is 22.9 Å². The molecular weight excluding hydrogens is 457 g/mol. The number of nitrogens with one attached hydrogen (secondary N) is 2. The number of hydrogen-bond acceptors (Lipinski definition) is 7. The third-order valence-corrected chi connectivity index (χ3v) is 6.10. The molecule has 0 spiro atoms. The Labute approximate surface area is 201 Å². The number of aromatic nitrogens is 1. The minimum atomic E-state index is -0.635. The highest BCUT2D eigenvalue weighted by molar-refractivity contribution is 7.09. The fourth-order valence-electron chi connectivity index (χ4n) is 3.66. The summed E-state index contributed by atoms with van der Waals surface area (Å²) in [5.41, 5.74) is 1.98. The van der Waals surface area contributed by atoms with Gasteiger partial charge in [-0.05, 0) is 43.7 Å². The Morgan fingerprint density at radius 2 is 2.12 bits per heavy atom. The van der Waals surface area contributed by atoms with Crippen LogP contribution < -0.4 is 20.1 Å². The second-order valence-electron chi connectivity index (χ2n) is 7.82. The van der Waals surface area contributed by atoms with Crippen molar-refractivity contribution < 1.29 is 23.4 Å². The third-order valence-electron chi connectivity index (χ3n) is 5.22. The molecule has 1 aromatic heterocycles. The van der Waals surface area contributed by atoms with Crippen LogP contribution in [0.25, 0.3) is 5.70 Å². The molecule has 2 aromatic carbocycles. The predicted molar refractivity (Wildman–Crippen MR) is 129 cm³/mol. The van der Waals surface area contributed by atoms with E-state index in [1.54, 1.807) is 30.7 Å². The van der Waals surface area contributed by atoms with E-state index in [0.717, 1.165) is 28.8 Å². The summed E-state index contributed by atoms with van der Waals surface area (Å²) < 4.78 is 31.7. The van der Waals surface area contributed by atoms with Crippen LogP contribution in [0, 0.1) is 5.82 Å². The second-order valence-corrected chi connectivity index (χ2v) is 8.75. The molecule has 2 atom stereocenters. The molecule has 1 unspecified atom stereocenters. The largest absolute Gasteiger partial charge is 0.488 e. The molecule has 1 aliphatic heterocycles. The van der Waals surface area contributed by atoms with Crippen molar-refractivity contribution in [2.75, 3.05) is 20.8 Å². The lowest BCUT2D eigenvalue weighted by Gasteiger charge is -2.18. The Hall–Kier alpha value is -3.43.